The summed E-state index contributed by atoms with van der Waals surface area (Å²) in [6.45, 7) is 0.791. The third kappa shape index (κ3) is 7.48. The van der Waals surface area contributed by atoms with Gasteiger partial charge in [0.25, 0.3) is 11.8 Å². The van der Waals surface area contributed by atoms with Crippen molar-refractivity contribution in [3.8, 4) is 11.5 Å². The zero-order valence-corrected chi connectivity index (χ0v) is 25.5. The van der Waals surface area contributed by atoms with Gasteiger partial charge in [0.2, 0.25) is 17.6 Å². The van der Waals surface area contributed by atoms with Gasteiger partial charge in [0.1, 0.15) is 30.0 Å². The molecular weight excluding hydrogens is 595 g/mol. The van der Waals surface area contributed by atoms with Gasteiger partial charge in [-0.15, -0.1) is 0 Å². The minimum absolute atomic E-state index is 0.0221. The quantitative estimate of drug-likeness (QED) is 0.287. The predicted molar refractivity (Wildman–Crippen MR) is 163 cm³/mol. The first kappa shape index (κ1) is 31.5. The number of carbonyl (C=O) groups excluding carboxylic acids is 5. The first-order chi connectivity index (χ1) is 22.2. The minimum Gasteiger partial charge on any atom is -0.489 e. The van der Waals surface area contributed by atoms with E-state index in [1.54, 1.807) is 36.4 Å². The smallest absolute Gasteiger partial charge is 0.289 e. The molecule has 46 heavy (non-hydrogen) atoms. The van der Waals surface area contributed by atoms with Crippen molar-refractivity contribution in [3.63, 3.8) is 0 Å². The molecule has 0 unspecified atom stereocenters. The Morgan fingerprint density at radius 2 is 1.74 bits per heavy atom. The molecule has 11 nitrogen and oxygen atoms in total. The number of Topliss-reactive ketones (excluding diaryl/α,β-unsaturated/α-hetero) is 1. The zero-order valence-electron chi connectivity index (χ0n) is 25.5. The van der Waals surface area contributed by atoms with Gasteiger partial charge in [0.05, 0.1) is 6.04 Å². The Balaban J connectivity index is 1.08. The second-order valence-corrected chi connectivity index (χ2v) is 12.7. The summed E-state index contributed by atoms with van der Waals surface area (Å²) in [5.74, 6) is -2.32. The van der Waals surface area contributed by atoms with Crippen LogP contribution in [-0.4, -0.2) is 72.1 Å². The van der Waals surface area contributed by atoms with Gasteiger partial charge in [-0.2, -0.15) is 0 Å². The van der Waals surface area contributed by atoms with Crippen LogP contribution in [0.5, 0.6) is 11.5 Å². The van der Waals surface area contributed by atoms with E-state index in [0.717, 1.165) is 32.1 Å². The van der Waals surface area contributed by atoms with E-state index in [4.69, 9.17) is 9.47 Å². The number of ketones is 1. The van der Waals surface area contributed by atoms with E-state index < -0.39 is 35.6 Å². The summed E-state index contributed by atoms with van der Waals surface area (Å²) in [4.78, 5) is 67.1. The molecule has 0 aromatic heterocycles. The number of hydrogen-bond donors (Lipinski definition) is 3. The van der Waals surface area contributed by atoms with E-state index in [0.29, 0.717) is 36.6 Å². The number of likely N-dealkylation sites (tertiary alicyclic amines) is 1. The van der Waals surface area contributed by atoms with E-state index in [-0.39, 0.29) is 55.1 Å². The summed E-state index contributed by atoms with van der Waals surface area (Å²) in [5, 5.41) is 8.21. The number of rotatable bonds is 13. The molecule has 244 valence electrons. The van der Waals surface area contributed by atoms with E-state index in [2.05, 4.69) is 16.0 Å². The van der Waals surface area contributed by atoms with Crippen LogP contribution < -0.4 is 25.4 Å². The Bertz CT molecular complexity index is 1480. The minimum atomic E-state index is -1.17. The van der Waals surface area contributed by atoms with Crippen LogP contribution in [0.4, 0.5) is 4.39 Å². The Hall–Kier alpha value is -4.48. The van der Waals surface area contributed by atoms with Crippen molar-refractivity contribution in [3.05, 3.63) is 59.9 Å². The first-order valence-corrected chi connectivity index (χ1v) is 16.1. The Morgan fingerprint density at radius 3 is 2.43 bits per heavy atom. The fourth-order valence-corrected chi connectivity index (χ4v) is 6.84. The SMILES string of the molecule is O=C(NC1CC1)C(=O)[C@H](C[C@@H]1CCNC1=O)NC(=O)[C@@H]1[C@H]2CCC[C@H]2CN1C(=O)COc1ccc(OCc2cccc(F)c2)cc1. The highest BCUT2D eigenvalue weighted by Gasteiger charge is 2.50. The Kier molecular flexibility index (Phi) is 9.51. The van der Waals surface area contributed by atoms with Crippen LogP contribution in [0.1, 0.15) is 50.5 Å². The number of benzene rings is 2. The molecular formula is C34H39FN4O7. The lowest BCUT2D eigenvalue weighted by atomic mass is 9.91. The van der Waals surface area contributed by atoms with E-state index >= 15 is 0 Å². The molecule has 0 radical (unpaired) electrons. The van der Waals surface area contributed by atoms with Crippen molar-refractivity contribution in [2.75, 3.05) is 19.7 Å². The number of nitrogens with one attached hydrogen (secondary N) is 3. The number of nitrogens with zero attached hydrogens (tertiary/aromatic N) is 1. The molecule has 4 aliphatic rings. The number of amides is 4. The molecule has 4 fully saturated rings. The van der Waals surface area contributed by atoms with E-state index in [1.807, 2.05) is 0 Å². The normalized spacial score (nSPS) is 24.1. The zero-order chi connectivity index (χ0) is 32.2. The summed E-state index contributed by atoms with van der Waals surface area (Å²) in [7, 11) is 0. The molecule has 5 atom stereocenters. The lowest BCUT2D eigenvalue weighted by Crippen LogP contribution is -2.55. The monoisotopic (exact) mass is 634 g/mol. The van der Waals surface area contributed by atoms with Gasteiger partial charge < -0.3 is 30.3 Å². The Labute approximate surface area is 266 Å². The van der Waals surface area contributed by atoms with Crippen molar-refractivity contribution in [1.29, 1.82) is 0 Å². The number of ether oxygens (including phenoxy) is 2. The van der Waals surface area contributed by atoms with Gasteiger partial charge in [0, 0.05) is 25.0 Å². The summed E-state index contributed by atoms with van der Waals surface area (Å²) >= 11 is 0. The van der Waals surface area contributed by atoms with Crippen LogP contribution in [0.25, 0.3) is 0 Å². The highest BCUT2D eigenvalue weighted by Crippen LogP contribution is 2.42. The van der Waals surface area contributed by atoms with Gasteiger partial charge in [-0.25, -0.2) is 4.39 Å². The lowest BCUT2D eigenvalue weighted by Gasteiger charge is -2.29. The van der Waals surface area contributed by atoms with Gasteiger partial charge in [-0.05, 0) is 92.3 Å². The number of fused-ring (bicyclic) bond motifs is 1. The summed E-state index contributed by atoms with van der Waals surface area (Å²) in [6, 6.07) is 10.9. The fourth-order valence-electron chi connectivity index (χ4n) is 6.84. The summed E-state index contributed by atoms with van der Waals surface area (Å²) < 4.78 is 24.9. The third-order valence-corrected chi connectivity index (χ3v) is 9.41. The maximum atomic E-state index is 13.9. The van der Waals surface area contributed by atoms with Crippen LogP contribution >= 0.6 is 0 Å². The maximum absolute atomic E-state index is 13.9. The summed E-state index contributed by atoms with van der Waals surface area (Å²) in [6.07, 6.45) is 4.76. The third-order valence-electron chi connectivity index (χ3n) is 9.41. The highest BCUT2D eigenvalue weighted by molar-refractivity contribution is 6.38. The molecule has 6 rings (SSSR count). The second-order valence-electron chi connectivity index (χ2n) is 12.7. The van der Waals surface area contributed by atoms with Crippen molar-refractivity contribution in [2.24, 2.45) is 17.8 Å². The lowest BCUT2D eigenvalue weighted by molar-refractivity contribution is -0.143. The number of hydrogen-bond acceptors (Lipinski definition) is 7. The largest absolute Gasteiger partial charge is 0.489 e. The topological polar surface area (TPSA) is 143 Å². The van der Waals surface area contributed by atoms with E-state index in [1.165, 1.54) is 17.0 Å². The Morgan fingerprint density at radius 1 is 0.978 bits per heavy atom. The molecule has 4 amide bonds. The second kappa shape index (κ2) is 13.9. The number of carbonyl (C=O) groups is 5. The van der Waals surface area contributed by atoms with Gasteiger partial charge in [-0.1, -0.05) is 18.6 Å². The van der Waals surface area contributed by atoms with Crippen LogP contribution in [0.15, 0.2) is 48.5 Å². The molecule has 2 aromatic rings. The van der Waals surface area contributed by atoms with Gasteiger partial charge >= 0.3 is 0 Å². The molecule has 2 aromatic carbocycles. The van der Waals surface area contributed by atoms with Crippen LogP contribution in [-0.2, 0) is 30.6 Å². The van der Waals surface area contributed by atoms with Crippen LogP contribution in [0.3, 0.4) is 0 Å². The first-order valence-electron chi connectivity index (χ1n) is 16.1. The maximum Gasteiger partial charge on any atom is 0.289 e. The highest BCUT2D eigenvalue weighted by atomic mass is 19.1. The molecule has 0 spiro atoms. The molecule has 2 aliphatic heterocycles. The van der Waals surface area contributed by atoms with Crippen molar-refractivity contribution in [1.82, 2.24) is 20.9 Å². The molecule has 2 saturated carbocycles. The van der Waals surface area contributed by atoms with Gasteiger partial charge in [0.15, 0.2) is 6.61 Å². The van der Waals surface area contributed by atoms with Crippen LogP contribution in [0, 0.1) is 23.6 Å². The van der Waals surface area contributed by atoms with Crippen molar-refractivity contribution >= 4 is 29.4 Å². The van der Waals surface area contributed by atoms with Crippen LogP contribution in [0.2, 0.25) is 0 Å². The molecule has 0 bridgehead atoms. The fraction of sp³-hybridized carbons (Fsp3) is 0.500. The molecule has 3 N–H and O–H groups in total. The van der Waals surface area contributed by atoms with Crippen molar-refractivity contribution < 1.29 is 37.8 Å². The average Bonchev–Trinajstić information content (AvgIpc) is 3.40. The molecule has 2 heterocycles. The summed E-state index contributed by atoms with van der Waals surface area (Å²) in [5.41, 5.74) is 0.695. The standard InChI is InChI=1S/C34H39FN4O7/c35-23-5-1-3-20(15-23)18-45-25-9-11-26(12-10-25)46-19-29(40)39-17-22-4-2-6-27(22)30(39)33(43)38-28(16-21-13-14-36-32(21)42)31(41)34(44)37-24-7-8-24/h1,3,5,9-12,15,21-22,24,27-28,30H,2,4,6-8,13-14,16-19H2,(H,36,42)(H,37,44)(H,38,43)/t21-,22-,27-,28-,30-/m0/s1. The molecule has 2 aliphatic carbocycles. The molecule has 2 saturated heterocycles. The predicted octanol–water partition coefficient (Wildman–Crippen LogP) is 2.27. The van der Waals surface area contributed by atoms with Crippen molar-refractivity contribution in [2.45, 2.75) is 69.7 Å². The average molecular weight is 635 g/mol. The molecule has 12 heteroatoms. The van der Waals surface area contributed by atoms with Gasteiger partial charge in [-0.3, -0.25) is 24.0 Å². The van der Waals surface area contributed by atoms with E-state index in [9.17, 15) is 28.4 Å². The number of halogens is 1.